The number of aliphatic hydroxyl groups excluding tert-OH is 1. The zero-order chi connectivity index (χ0) is 103. The van der Waals surface area contributed by atoms with Crippen molar-refractivity contribution in [1.29, 1.82) is 0 Å². The van der Waals surface area contributed by atoms with Crippen LogP contribution in [-0.2, 0) is 94.7 Å². The van der Waals surface area contributed by atoms with Gasteiger partial charge in [-0.2, -0.15) is 0 Å². The van der Waals surface area contributed by atoms with E-state index in [1.807, 2.05) is 0 Å². The third-order valence-electron chi connectivity index (χ3n) is 24.1. The SMILES string of the molecule is O=C(OC[C@@H]1O[C@@H](O[C@@H]2[C@H](OC(=O)c3ccccc3)[C@H](O[C@H]3[C@@H](OC(=O)c4ccccc4)[C@@H](COC(=O)c4ccccc4)O[C@H](O[C@H]4[C@@H](OC(=O)c5ccccc5)[C@H](O)O[C@H](COC(=O)c5ccccc5)[C@H]4OC(=O)c4ccccc4)[C@@H]3OC(=O)c3ccccc3)O[C@@H](COC(=O)c3ccccc3)[C@@H]2OC(=O)c2ccccc2)[C@@H](OC(=O)c2ccccc2)[C@@H](OC(=O)c2ccccc2)[C@H]1OC(=O)c1ccccc1)c1ccccc1. The second kappa shape index (κ2) is 50.0. The van der Waals surface area contributed by atoms with Crippen molar-refractivity contribution in [2.45, 2.75) is 123 Å². The second-order valence-corrected chi connectivity index (χ2v) is 34.0. The summed E-state index contributed by atoms with van der Waals surface area (Å²) < 4.78 is 134. The van der Waals surface area contributed by atoms with Crippen molar-refractivity contribution in [3.63, 3.8) is 0 Å². The first-order valence-corrected chi connectivity index (χ1v) is 47.2. The van der Waals surface area contributed by atoms with Gasteiger partial charge in [-0.25, -0.2) is 62.3 Å². The predicted molar refractivity (Wildman–Crippen MR) is 519 cm³/mol. The molecule has 0 radical (unpaired) electrons. The minimum Gasteiger partial charge on any atom is -0.459 e. The zero-order valence-electron chi connectivity index (χ0n) is 78.8. The van der Waals surface area contributed by atoms with E-state index >= 15 is 43.2 Å². The third kappa shape index (κ3) is 26.3. The quantitative estimate of drug-likeness (QED) is 0.0281. The van der Waals surface area contributed by atoms with E-state index in [1.54, 1.807) is 91.0 Å². The fourth-order valence-corrected chi connectivity index (χ4v) is 16.7. The molecule has 4 heterocycles. The highest BCUT2D eigenvalue weighted by atomic mass is 16.8. The molecule has 4 aliphatic rings. The maximum atomic E-state index is 16.2. The molecule has 13 aromatic rings. The lowest BCUT2D eigenvalue weighted by Crippen LogP contribution is -2.70. The largest absolute Gasteiger partial charge is 0.459 e. The minimum absolute atomic E-state index is 0.00614. The molecule has 34 heteroatoms. The van der Waals surface area contributed by atoms with E-state index in [1.165, 1.54) is 303 Å². The van der Waals surface area contributed by atoms with E-state index in [9.17, 15) is 24.3 Å². The summed E-state index contributed by atoms with van der Waals surface area (Å²) in [5.74, 6) is -15.2. The van der Waals surface area contributed by atoms with Crippen molar-refractivity contribution < 1.29 is 162 Å². The Bertz CT molecular complexity index is 6720. The topological polar surface area (TPSA) is 427 Å². The van der Waals surface area contributed by atoms with E-state index in [4.69, 9.17) is 94.7 Å². The number of carbonyl (C=O) groups excluding carboxylic acids is 13. The number of carbonyl (C=O) groups is 13. The Morgan fingerprint density at radius 1 is 0.161 bits per heavy atom. The number of esters is 13. The first-order chi connectivity index (χ1) is 72.7. The molecule has 149 heavy (non-hydrogen) atoms. The summed E-state index contributed by atoms with van der Waals surface area (Å²) in [6.45, 7) is -4.16. The van der Waals surface area contributed by atoms with Crippen molar-refractivity contribution in [3.8, 4) is 0 Å². The molecule has 1 N–H and O–H groups in total. The third-order valence-corrected chi connectivity index (χ3v) is 24.1. The molecular formula is C115H94O34. The Kier molecular flexibility index (Phi) is 34.6. The van der Waals surface area contributed by atoms with Crippen LogP contribution < -0.4 is 0 Å². The molecule has 758 valence electrons. The lowest BCUT2D eigenvalue weighted by atomic mass is 9.94. The highest BCUT2D eigenvalue weighted by molar-refractivity contribution is 5.96. The Morgan fingerprint density at radius 3 is 0.483 bits per heavy atom. The summed E-state index contributed by atoms with van der Waals surface area (Å²) in [5.41, 5.74) is -1.88. The number of ether oxygens (including phenoxy) is 20. The van der Waals surface area contributed by atoms with Crippen LogP contribution in [0, 0.1) is 0 Å². The van der Waals surface area contributed by atoms with Crippen LogP contribution in [0.4, 0.5) is 0 Å². The van der Waals surface area contributed by atoms with Gasteiger partial charge in [0.1, 0.15) is 69.2 Å². The number of hydrogen-bond donors (Lipinski definition) is 1. The molecule has 4 aliphatic heterocycles. The molecule has 0 amide bonds. The molecule has 0 spiro atoms. The summed E-state index contributed by atoms with van der Waals surface area (Å²) >= 11 is 0. The van der Waals surface area contributed by atoms with E-state index in [2.05, 4.69) is 0 Å². The maximum absolute atomic E-state index is 16.2. The van der Waals surface area contributed by atoms with Gasteiger partial charge < -0.3 is 99.8 Å². The first-order valence-electron chi connectivity index (χ1n) is 47.2. The van der Waals surface area contributed by atoms with Crippen LogP contribution in [0.2, 0.25) is 0 Å². The summed E-state index contributed by atoms with van der Waals surface area (Å²) in [6, 6.07) is 95.0. The van der Waals surface area contributed by atoms with Crippen molar-refractivity contribution >= 4 is 77.6 Å². The van der Waals surface area contributed by atoms with Gasteiger partial charge in [0, 0.05) is 0 Å². The van der Waals surface area contributed by atoms with Gasteiger partial charge in [-0.05, 0) is 158 Å². The average Bonchev–Trinajstić information content (AvgIpc) is 0.737. The molecular weight excluding hydrogens is 1930 g/mol. The van der Waals surface area contributed by atoms with Gasteiger partial charge in [0.2, 0.25) is 0 Å². The van der Waals surface area contributed by atoms with Crippen molar-refractivity contribution in [2.75, 3.05) is 26.4 Å². The minimum atomic E-state index is -2.68. The van der Waals surface area contributed by atoms with E-state index in [0.717, 1.165) is 0 Å². The molecule has 0 aliphatic carbocycles. The molecule has 4 saturated heterocycles. The van der Waals surface area contributed by atoms with Gasteiger partial charge in [-0.1, -0.05) is 237 Å². The number of aliphatic hydroxyl groups is 1. The van der Waals surface area contributed by atoms with Crippen LogP contribution >= 0.6 is 0 Å². The smallest absolute Gasteiger partial charge is 0.338 e. The van der Waals surface area contributed by atoms with Crippen LogP contribution in [0.3, 0.4) is 0 Å². The summed E-state index contributed by atoms with van der Waals surface area (Å²) in [6.07, 6.45) is -47.0. The van der Waals surface area contributed by atoms with Gasteiger partial charge in [-0.3, -0.25) is 0 Å². The highest BCUT2D eigenvalue weighted by Crippen LogP contribution is 2.43. The second-order valence-electron chi connectivity index (χ2n) is 34.0. The normalized spacial score (nSPS) is 23.2. The van der Waals surface area contributed by atoms with Gasteiger partial charge >= 0.3 is 77.6 Å². The van der Waals surface area contributed by atoms with Crippen LogP contribution in [0.5, 0.6) is 0 Å². The summed E-state index contributed by atoms with van der Waals surface area (Å²) in [4.78, 5) is 199. The molecule has 0 aromatic heterocycles. The zero-order valence-corrected chi connectivity index (χ0v) is 78.8. The summed E-state index contributed by atoms with van der Waals surface area (Å²) in [7, 11) is 0. The Morgan fingerprint density at radius 2 is 0.295 bits per heavy atom. The molecule has 17 rings (SSSR count). The lowest BCUT2D eigenvalue weighted by Gasteiger charge is -2.51. The maximum Gasteiger partial charge on any atom is 0.338 e. The number of rotatable bonds is 36. The molecule has 0 bridgehead atoms. The Labute approximate surface area is 851 Å². The van der Waals surface area contributed by atoms with E-state index in [-0.39, 0.29) is 72.3 Å². The van der Waals surface area contributed by atoms with Crippen LogP contribution in [0.1, 0.15) is 135 Å². The molecule has 34 nitrogen and oxygen atoms in total. The highest BCUT2D eigenvalue weighted by Gasteiger charge is 2.63. The average molecular weight is 2020 g/mol. The van der Waals surface area contributed by atoms with Gasteiger partial charge in [0.25, 0.3) is 0 Å². The fourth-order valence-electron chi connectivity index (χ4n) is 16.7. The molecule has 13 aromatic carbocycles. The van der Waals surface area contributed by atoms with Gasteiger partial charge in [-0.15, -0.1) is 0 Å². The number of hydrogen-bond acceptors (Lipinski definition) is 34. The fraction of sp³-hybridized carbons (Fsp3) is 0.209. The van der Waals surface area contributed by atoms with Gasteiger partial charge in [0.05, 0.1) is 72.3 Å². The Hall–Kier alpha value is -17.4. The van der Waals surface area contributed by atoms with Crippen LogP contribution in [-0.4, -0.2) is 232 Å². The predicted octanol–water partition coefficient (Wildman–Crippen LogP) is 14.5. The van der Waals surface area contributed by atoms with Crippen LogP contribution in [0.25, 0.3) is 0 Å². The molecule has 0 saturated carbocycles. The standard InChI is InChI=1S/C115H94O34/c116-99(70-40-14-1-15-41-70)130-66-83-87(138-103(120)74-48-22-5-23-49-74)91(95(112(129)134-83)143-108(125)79-58-32-10-33-59-79)147-114-97(145-110(127)81-62-36-12-37-63-81)93(89(140-105(122)76-52-26-7-27-53-76)85(136-114)68-132-101(118)72-44-18-3-19-45-72)149-115-98(146-111(128)82-64-38-13-39-65-82)94(90(141-106(123)77-54-28-8-29-55-77)86(137-115)69-133-102(119)73-46-20-4-21-47-73)148-113-96(144-109(126)80-60-34-11-35-61-80)92(142-107(124)78-56-30-9-31-57-78)88(139-104(121)75-50-24-6-25-51-75)84(135-113)67-131-100(117)71-42-16-2-17-43-71/h1-65,83-98,112-115,129H,66-69H2/t83-,84+,85-,86+,87-,88+,89+,90+,91-,92+,93+,94+,95-,96+,97-,98+,112-,113+,114-,115+/m1/s1. The van der Waals surface area contributed by atoms with E-state index in [0.29, 0.717) is 0 Å². The van der Waals surface area contributed by atoms with Crippen molar-refractivity contribution in [2.24, 2.45) is 0 Å². The van der Waals surface area contributed by atoms with E-state index < -0.39 is 227 Å². The van der Waals surface area contributed by atoms with Gasteiger partial charge in [0.15, 0.2) is 80.1 Å². The van der Waals surface area contributed by atoms with Crippen molar-refractivity contribution in [3.05, 3.63) is 467 Å². The number of benzene rings is 13. The molecule has 4 fully saturated rings. The molecule has 0 unspecified atom stereocenters. The van der Waals surface area contributed by atoms with Crippen LogP contribution in [0.15, 0.2) is 394 Å². The Balaban J connectivity index is 0.901. The first kappa shape index (κ1) is 103. The lowest BCUT2D eigenvalue weighted by molar-refractivity contribution is -0.386. The molecule has 20 atom stereocenters. The van der Waals surface area contributed by atoms with Crippen molar-refractivity contribution in [1.82, 2.24) is 0 Å². The summed E-state index contributed by atoms with van der Waals surface area (Å²) in [5, 5.41) is 12.9. The monoisotopic (exact) mass is 2020 g/mol.